The van der Waals surface area contributed by atoms with E-state index in [1.165, 1.54) is 30.2 Å². The van der Waals surface area contributed by atoms with Gasteiger partial charge in [0, 0.05) is 50.8 Å². The van der Waals surface area contributed by atoms with Crippen molar-refractivity contribution in [3.05, 3.63) is 47.8 Å². The summed E-state index contributed by atoms with van der Waals surface area (Å²) in [7, 11) is 4.04. The highest BCUT2D eigenvalue weighted by Gasteiger charge is 2.41. The third-order valence-corrected chi connectivity index (χ3v) is 6.70. The second kappa shape index (κ2) is 9.21. The van der Waals surface area contributed by atoms with Crippen molar-refractivity contribution < 1.29 is 22.7 Å². The van der Waals surface area contributed by atoms with Gasteiger partial charge in [-0.1, -0.05) is 6.42 Å². The highest BCUT2D eigenvalue weighted by atomic mass is 19.4. The Morgan fingerprint density at radius 2 is 1.85 bits per heavy atom. The van der Waals surface area contributed by atoms with Crippen LogP contribution in [0.4, 0.5) is 24.5 Å². The van der Waals surface area contributed by atoms with Gasteiger partial charge in [-0.3, -0.25) is 9.69 Å². The van der Waals surface area contributed by atoms with E-state index in [0.29, 0.717) is 25.2 Å². The number of likely N-dealkylation sites (N-methyl/N-ethyl adjacent to an activating group) is 1. The third-order valence-electron chi connectivity index (χ3n) is 6.70. The normalized spacial score (nSPS) is 17.8. The van der Waals surface area contributed by atoms with E-state index in [2.05, 4.69) is 23.0 Å². The van der Waals surface area contributed by atoms with Gasteiger partial charge in [-0.05, 0) is 50.2 Å². The fraction of sp³-hybridized carbons (Fsp3) is 0.500. The number of rotatable bonds is 6. The molecule has 4 rings (SSSR count). The number of hydrogen-bond donors (Lipinski definition) is 0. The van der Waals surface area contributed by atoms with E-state index in [-0.39, 0.29) is 5.72 Å². The van der Waals surface area contributed by atoms with Crippen molar-refractivity contribution >= 4 is 17.8 Å². The molecule has 1 aliphatic carbocycles. The Morgan fingerprint density at radius 1 is 1.12 bits per heavy atom. The maximum Gasteiger partial charge on any atom is 0.433 e. The van der Waals surface area contributed by atoms with Gasteiger partial charge in [0.15, 0.2) is 5.72 Å². The SMILES string of the molecule is CN(CCN(C=O)c1ccc(C(F)(F)F)nc1)c1ccc2c(c1)CN(C)C1(CCCCC1)O2. The molecule has 0 saturated heterocycles. The zero-order chi connectivity index (χ0) is 23.6. The third kappa shape index (κ3) is 4.93. The molecule has 1 aliphatic heterocycles. The maximum atomic E-state index is 12.7. The van der Waals surface area contributed by atoms with Crippen LogP contribution in [0, 0.1) is 0 Å². The quantitative estimate of drug-likeness (QED) is 0.584. The fourth-order valence-electron chi connectivity index (χ4n) is 4.65. The lowest BCUT2D eigenvalue weighted by Gasteiger charge is -2.48. The van der Waals surface area contributed by atoms with Gasteiger partial charge in [-0.2, -0.15) is 13.2 Å². The molecule has 0 atom stereocenters. The lowest BCUT2D eigenvalue weighted by Crippen LogP contribution is -2.54. The summed E-state index contributed by atoms with van der Waals surface area (Å²) in [6.45, 7) is 1.62. The van der Waals surface area contributed by atoms with Gasteiger partial charge in [-0.15, -0.1) is 0 Å². The molecule has 0 N–H and O–H groups in total. The second-order valence-electron chi connectivity index (χ2n) is 8.88. The van der Waals surface area contributed by atoms with Gasteiger partial charge in [0.1, 0.15) is 11.4 Å². The smallest absolute Gasteiger partial charge is 0.433 e. The first kappa shape index (κ1) is 23.4. The van der Waals surface area contributed by atoms with Gasteiger partial charge in [0.05, 0.1) is 11.9 Å². The number of alkyl halides is 3. The molecule has 0 radical (unpaired) electrons. The number of pyridine rings is 1. The van der Waals surface area contributed by atoms with E-state index in [0.717, 1.165) is 48.6 Å². The summed E-state index contributed by atoms with van der Waals surface area (Å²) in [6.07, 6.45) is 2.89. The highest BCUT2D eigenvalue weighted by molar-refractivity contribution is 5.74. The van der Waals surface area contributed by atoms with Crippen molar-refractivity contribution in [2.75, 3.05) is 37.0 Å². The molecule has 1 saturated carbocycles. The number of anilines is 2. The number of nitrogens with zero attached hydrogens (tertiary/aromatic N) is 4. The molecule has 2 aliphatic rings. The summed E-state index contributed by atoms with van der Waals surface area (Å²) in [5.41, 5.74) is 1.26. The Bertz CT molecular complexity index is 975. The summed E-state index contributed by atoms with van der Waals surface area (Å²) in [5.74, 6) is 0.928. The molecule has 2 heterocycles. The molecule has 33 heavy (non-hydrogen) atoms. The molecular formula is C24H29F3N4O2. The minimum absolute atomic E-state index is 0.196. The van der Waals surface area contributed by atoms with Gasteiger partial charge in [-0.25, -0.2) is 4.98 Å². The number of aromatic nitrogens is 1. The number of ether oxygens (including phenoxy) is 1. The Balaban J connectivity index is 1.41. The molecule has 1 amide bonds. The van der Waals surface area contributed by atoms with E-state index in [9.17, 15) is 18.0 Å². The van der Waals surface area contributed by atoms with Crippen LogP contribution in [0.2, 0.25) is 0 Å². The van der Waals surface area contributed by atoms with Crippen molar-refractivity contribution in [2.45, 2.75) is 50.6 Å². The molecule has 0 bridgehead atoms. The van der Waals surface area contributed by atoms with Crippen molar-refractivity contribution in [1.82, 2.24) is 9.88 Å². The van der Waals surface area contributed by atoms with Gasteiger partial charge in [0.25, 0.3) is 0 Å². The molecule has 6 nitrogen and oxygen atoms in total. The zero-order valence-electron chi connectivity index (χ0n) is 18.9. The summed E-state index contributed by atoms with van der Waals surface area (Å²) in [6, 6.07) is 8.27. The van der Waals surface area contributed by atoms with Crippen LogP contribution in [0.15, 0.2) is 36.5 Å². The van der Waals surface area contributed by atoms with E-state index < -0.39 is 11.9 Å². The van der Waals surface area contributed by atoms with Crippen LogP contribution in [0.3, 0.4) is 0 Å². The van der Waals surface area contributed by atoms with E-state index >= 15 is 0 Å². The molecule has 2 aromatic rings. The largest absolute Gasteiger partial charge is 0.472 e. The van der Waals surface area contributed by atoms with Gasteiger partial charge >= 0.3 is 6.18 Å². The molecular weight excluding hydrogens is 433 g/mol. The Labute approximate surface area is 191 Å². The Morgan fingerprint density at radius 3 is 2.48 bits per heavy atom. The number of benzene rings is 1. The van der Waals surface area contributed by atoms with Crippen LogP contribution in [0.25, 0.3) is 0 Å². The summed E-state index contributed by atoms with van der Waals surface area (Å²) in [5, 5.41) is 0. The Hall–Kier alpha value is -2.81. The molecule has 0 unspecified atom stereocenters. The predicted octanol–water partition coefficient (Wildman–Crippen LogP) is 4.68. The number of halogens is 3. The monoisotopic (exact) mass is 462 g/mol. The lowest BCUT2D eigenvalue weighted by molar-refractivity contribution is -0.141. The van der Waals surface area contributed by atoms with Crippen LogP contribution in [0.1, 0.15) is 43.4 Å². The standard InChI is InChI=1S/C24H29F3N4O2/c1-29(12-13-31(17-32)20-7-9-22(28-15-20)24(25,26)27)19-6-8-21-18(14-19)16-30(2)23(33-21)10-4-3-5-11-23/h6-9,14-15,17H,3-5,10-13,16H2,1-2H3. The van der Waals surface area contributed by atoms with Crippen LogP contribution in [-0.4, -0.2) is 49.2 Å². The summed E-state index contributed by atoms with van der Waals surface area (Å²) < 4.78 is 44.7. The van der Waals surface area contributed by atoms with E-state index in [4.69, 9.17) is 4.74 Å². The molecule has 1 fully saturated rings. The number of fused-ring (bicyclic) bond motifs is 1. The van der Waals surface area contributed by atoms with Gasteiger partial charge < -0.3 is 14.5 Å². The highest BCUT2D eigenvalue weighted by Crippen LogP contribution is 2.42. The van der Waals surface area contributed by atoms with Crippen molar-refractivity contribution in [2.24, 2.45) is 0 Å². The van der Waals surface area contributed by atoms with Crippen molar-refractivity contribution in [3.63, 3.8) is 0 Å². The number of carbonyl (C=O) groups is 1. The fourth-order valence-corrected chi connectivity index (χ4v) is 4.65. The number of hydrogen-bond acceptors (Lipinski definition) is 5. The van der Waals surface area contributed by atoms with Crippen LogP contribution >= 0.6 is 0 Å². The molecule has 1 aromatic carbocycles. The van der Waals surface area contributed by atoms with Crippen LogP contribution in [0.5, 0.6) is 5.75 Å². The number of amides is 1. The zero-order valence-corrected chi connectivity index (χ0v) is 18.9. The van der Waals surface area contributed by atoms with Crippen molar-refractivity contribution in [3.8, 4) is 5.75 Å². The van der Waals surface area contributed by atoms with E-state index in [1.807, 2.05) is 24.1 Å². The van der Waals surface area contributed by atoms with Crippen molar-refractivity contribution in [1.29, 1.82) is 0 Å². The first-order valence-electron chi connectivity index (χ1n) is 11.2. The minimum Gasteiger partial charge on any atom is -0.472 e. The lowest BCUT2D eigenvalue weighted by atomic mass is 9.88. The predicted molar refractivity (Wildman–Crippen MR) is 120 cm³/mol. The maximum absolute atomic E-state index is 12.7. The molecule has 1 aromatic heterocycles. The number of carbonyl (C=O) groups excluding carboxylic acids is 1. The Kier molecular flexibility index (Phi) is 6.52. The summed E-state index contributed by atoms with van der Waals surface area (Å²) >= 11 is 0. The first-order chi connectivity index (χ1) is 15.7. The second-order valence-corrected chi connectivity index (χ2v) is 8.88. The topological polar surface area (TPSA) is 48.9 Å². The van der Waals surface area contributed by atoms with Crippen LogP contribution < -0.4 is 14.5 Å². The molecule has 178 valence electrons. The average molecular weight is 463 g/mol. The van der Waals surface area contributed by atoms with E-state index in [1.54, 1.807) is 0 Å². The van der Waals surface area contributed by atoms with Crippen LogP contribution in [-0.2, 0) is 17.5 Å². The average Bonchev–Trinajstić information content (AvgIpc) is 2.80. The first-order valence-corrected chi connectivity index (χ1v) is 11.2. The molecule has 9 heteroatoms. The van der Waals surface area contributed by atoms with Gasteiger partial charge in [0.2, 0.25) is 6.41 Å². The minimum atomic E-state index is -4.51. The summed E-state index contributed by atoms with van der Waals surface area (Å²) in [4.78, 5) is 20.7. The molecule has 1 spiro atoms.